The highest BCUT2D eigenvalue weighted by Crippen LogP contribution is 2.26. The van der Waals surface area contributed by atoms with Crippen molar-refractivity contribution < 1.29 is 14.3 Å². The molecular weight excluding hydrogens is 376 g/mol. The van der Waals surface area contributed by atoms with Crippen LogP contribution in [0.2, 0.25) is 5.02 Å². The number of aryl methyl sites for hydroxylation is 2. The first-order valence-corrected chi connectivity index (χ1v) is 9.68. The molecule has 0 aliphatic rings. The van der Waals surface area contributed by atoms with E-state index in [2.05, 4.69) is 10.6 Å². The molecule has 28 heavy (non-hydrogen) atoms. The molecule has 2 rings (SSSR count). The maximum Gasteiger partial charge on any atom is 0.265 e. The van der Waals surface area contributed by atoms with E-state index in [0.717, 1.165) is 11.1 Å². The van der Waals surface area contributed by atoms with Gasteiger partial charge < -0.3 is 15.4 Å². The molecule has 2 N–H and O–H groups in total. The van der Waals surface area contributed by atoms with Crippen LogP contribution >= 0.6 is 11.6 Å². The van der Waals surface area contributed by atoms with E-state index < -0.39 is 6.10 Å². The van der Waals surface area contributed by atoms with E-state index in [9.17, 15) is 9.59 Å². The molecule has 0 aliphatic heterocycles. The van der Waals surface area contributed by atoms with Crippen LogP contribution in [0.1, 0.15) is 42.3 Å². The zero-order valence-corrected chi connectivity index (χ0v) is 17.7. The fourth-order valence-corrected chi connectivity index (χ4v) is 2.76. The molecule has 2 aromatic carbocycles. The maximum atomic E-state index is 12.6. The van der Waals surface area contributed by atoms with Gasteiger partial charge in [-0.1, -0.05) is 37.6 Å². The molecule has 0 bridgehead atoms. The Kier molecular flexibility index (Phi) is 7.46. The molecule has 0 saturated carbocycles. The quantitative estimate of drug-likeness (QED) is 0.702. The number of anilines is 1. The fourth-order valence-electron chi connectivity index (χ4n) is 2.65. The second kappa shape index (κ2) is 9.60. The van der Waals surface area contributed by atoms with Crippen molar-refractivity contribution in [2.45, 2.75) is 40.7 Å². The number of carbonyl (C=O) groups excluding carboxylic acids is 2. The topological polar surface area (TPSA) is 67.4 Å². The lowest BCUT2D eigenvalue weighted by Gasteiger charge is -2.17. The Labute approximate surface area is 171 Å². The molecule has 0 spiro atoms. The molecule has 0 fully saturated rings. The fraction of sp³-hybridized carbons (Fsp3) is 0.364. The molecule has 0 aromatic heterocycles. The standard InChI is InChI=1S/C22H27ClN2O3/c1-13(2)12-24-22(27)18-8-6-7-9-19(18)25-21(26)16(5)28-17-10-14(3)20(23)15(4)11-17/h6-11,13,16H,12H2,1-5H3,(H,24,27)(H,25,26)/t16-/m1/s1. The van der Waals surface area contributed by atoms with Gasteiger partial charge in [0.2, 0.25) is 0 Å². The number of carbonyl (C=O) groups is 2. The largest absolute Gasteiger partial charge is 0.481 e. The van der Waals surface area contributed by atoms with E-state index in [-0.39, 0.29) is 11.8 Å². The van der Waals surface area contributed by atoms with E-state index >= 15 is 0 Å². The van der Waals surface area contributed by atoms with Gasteiger partial charge >= 0.3 is 0 Å². The molecule has 0 radical (unpaired) electrons. The molecule has 0 unspecified atom stereocenters. The predicted octanol–water partition coefficient (Wildman–Crippen LogP) is 4.75. The third kappa shape index (κ3) is 5.73. The summed E-state index contributed by atoms with van der Waals surface area (Å²) in [5, 5.41) is 6.34. The smallest absolute Gasteiger partial charge is 0.265 e. The predicted molar refractivity (Wildman–Crippen MR) is 113 cm³/mol. The lowest BCUT2D eigenvalue weighted by atomic mass is 10.1. The summed E-state index contributed by atoms with van der Waals surface area (Å²) < 4.78 is 5.77. The van der Waals surface area contributed by atoms with Crippen LogP contribution in [0.3, 0.4) is 0 Å². The number of hydrogen-bond acceptors (Lipinski definition) is 3. The van der Waals surface area contributed by atoms with E-state index in [4.69, 9.17) is 16.3 Å². The van der Waals surface area contributed by atoms with Crippen LogP contribution in [0.15, 0.2) is 36.4 Å². The third-order valence-electron chi connectivity index (χ3n) is 4.19. The molecule has 1 atom stereocenters. The van der Waals surface area contributed by atoms with Crippen LogP contribution in [0.5, 0.6) is 5.75 Å². The van der Waals surface area contributed by atoms with Crippen LogP contribution in [0.4, 0.5) is 5.69 Å². The van der Waals surface area contributed by atoms with Gasteiger partial charge in [-0.3, -0.25) is 9.59 Å². The summed E-state index contributed by atoms with van der Waals surface area (Å²) in [5.41, 5.74) is 2.64. The van der Waals surface area contributed by atoms with Crippen LogP contribution in [-0.4, -0.2) is 24.5 Å². The highest BCUT2D eigenvalue weighted by atomic mass is 35.5. The number of para-hydroxylation sites is 1. The molecule has 0 aliphatic carbocycles. The van der Waals surface area contributed by atoms with Gasteiger partial charge in [0.1, 0.15) is 5.75 Å². The van der Waals surface area contributed by atoms with Gasteiger partial charge in [-0.05, 0) is 62.1 Å². The molecule has 0 heterocycles. The Morgan fingerprint density at radius 2 is 1.68 bits per heavy atom. The zero-order valence-electron chi connectivity index (χ0n) is 16.9. The number of hydrogen-bond donors (Lipinski definition) is 2. The number of rotatable bonds is 7. The third-order valence-corrected chi connectivity index (χ3v) is 4.79. The minimum atomic E-state index is -0.744. The first-order chi connectivity index (χ1) is 13.2. The molecule has 6 heteroatoms. The summed E-state index contributed by atoms with van der Waals surface area (Å²) in [4.78, 5) is 25.0. The van der Waals surface area contributed by atoms with Crippen LogP contribution in [-0.2, 0) is 4.79 Å². The Hall–Kier alpha value is -2.53. The van der Waals surface area contributed by atoms with Gasteiger partial charge in [0, 0.05) is 11.6 Å². The summed E-state index contributed by atoms with van der Waals surface area (Å²) in [6, 6.07) is 10.5. The van der Waals surface area contributed by atoms with Crippen molar-refractivity contribution in [3.63, 3.8) is 0 Å². The first kappa shape index (κ1) is 21.8. The van der Waals surface area contributed by atoms with Crippen molar-refractivity contribution in [1.29, 1.82) is 0 Å². The van der Waals surface area contributed by atoms with E-state index in [1.165, 1.54) is 0 Å². The number of nitrogens with one attached hydrogen (secondary N) is 2. The van der Waals surface area contributed by atoms with Crippen molar-refractivity contribution in [2.75, 3.05) is 11.9 Å². The Morgan fingerprint density at radius 3 is 2.29 bits per heavy atom. The average Bonchev–Trinajstić information content (AvgIpc) is 2.64. The molecule has 2 aromatic rings. The van der Waals surface area contributed by atoms with Crippen LogP contribution < -0.4 is 15.4 Å². The first-order valence-electron chi connectivity index (χ1n) is 9.30. The number of halogens is 1. The molecular formula is C22H27ClN2O3. The normalized spacial score (nSPS) is 11.8. The second-order valence-corrected chi connectivity index (χ2v) is 7.65. The molecule has 5 nitrogen and oxygen atoms in total. The van der Waals surface area contributed by atoms with Crippen molar-refractivity contribution in [3.05, 3.63) is 58.1 Å². The van der Waals surface area contributed by atoms with Crippen molar-refractivity contribution in [2.24, 2.45) is 5.92 Å². The van der Waals surface area contributed by atoms with Gasteiger partial charge in [-0.15, -0.1) is 0 Å². The maximum absolute atomic E-state index is 12.6. The molecule has 0 saturated heterocycles. The lowest BCUT2D eigenvalue weighted by Crippen LogP contribution is -2.32. The van der Waals surface area contributed by atoms with Gasteiger partial charge in [-0.2, -0.15) is 0 Å². The van der Waals surface area contributed by atoms with E-state index in [0.29, 0.717) is 34.5 Å². The highest BCUT2D eigenvalue weighted by Gasteiger charge is 2.19. The summed E-state index contributed by atoms with van der Waals surface area (Å²) in [6.45, 7) is 10.0. The van der Waals surface area contributed by atoms with Crippen molar-refractivity contribution in [3.8, 4) is 5.75 Å². The number of benzene rings is 2. The molecule has 2 amide bonds. The van der Waals surface area contributed by atoms with Crippen molar-refractivity contribution >= 4 is 29.1 Å². The summed E-state index contributed by atoms with van der Waals surface area (Å²) in [5.74, 6) is 0.354. The molecule has 150 valence electrons. The van der Waals surface area contributed by atoms with Gasteiger partial charge in [0.05, 0.1) is 11.3 Å². The van der Waals surface area contributed by atoms with E-state index in [1.54, 1.807) is 43.3 Å². The van der Waals surface area contributed by atoms with Crippen LogP contribution in [0.25, 0.3) is 0 Å². The minimum absolute atomic E-state index is 0.220. The minimum Gasteiger partial charge on any atom is -0.481 e. The SMILES string of the molecule is Cc1cc(O[C@H](C)C(=O)Nc2ccccc2C(=O)NCC(C)C)cc(C)c1Cl. The second-order valence-electron chi connectivity index (χ2n) is 7.27. The van der Waals surface area contributed by atoms with Gasteiger partial charge in [0.15, 0.2) is 6.10 Å². The number of ether oxygens (including phenoxy) is 1. The van der Waals surface area contributed by atoms with Crippen molar-refractivity contribution in [1.82, 2.24) is 5.32 Å². The van der Waals surface area contributed by atoms with Gasteiger partial charge in [-0.25, -0.2) is 0 Å². The summed E-state index contributed by atoms with van der Waals surface area (Å²) in [7, 11) is 0. The summed E-state index contributed by atoms with van der Waals surface area (Å²) in [6.07, 6.45) is -0.744. The monoisotopic (exact) mass is 402 g/mol. The Bertz CT molecular complexity index is 842. The van der Waals surface area contributed by atoms with E-state index in [1.807, 2.05) is 27.7 Å². The lowest BCUT2D eigenvalue weighted by molar-refractivity contribution is -0.122. The Morgan fingerprint density at radius 1 is 1.07 bits per heavy atom. The Balaban J connectivity index is 2.09. The van der Waals surface area contributed by atoms with Gasteiger partial charge in [0.25, 0.3) is 11.8 Å². The number of amides is 2. The summed E-state index contributed by atoms with van der Waals surface area (Å²) >= 11 is 6.18. The zero-order chi connectivity index (χ0) is 20.8. The average molecular weight is 403 g/mol. The van der Waals surface area contributed by atoms with Crippen LogP contribution in [0, 0.1) is 19.8 Å². The highest BCUT2D eigenvalue weighted by molar-refractivity contribution is 6.32.